The minimum absolute atomic E-state index is 0.0985. The molecule has 0 aliphatic heterocycles. The van der Waals surface area contributed by atoms with Gasteiger partial charge in [0.15, 0.2) is 0 Å². The molecule has 100 valence electrons. The molecule has 0 saturated carbocycles. The van der Waals surface area contributed by atoms with E-state index in [-0.39, 0.29) is 16.2 Å². The lowest BCUT2D eigenvalue weighted by Gasteiger charge is -2.28. The first-order chi connectivity index (χ1) is 7.82. The Balaban J connectivity index is 3.49. The topological polar surface area (TPSA) is 0 Å². The highest BCUT2D eigenvalue weighted by Crippen LogP contribution is 2.33. The van der Waals surface area contributed by atoms with Gasteiger partial charge in [0, 0.05) is 0 Å². The summed E-state index contributed by atoms with van der Waals surface area (Å²) in [5.74, 6) is 0. The monoisotopic (exact) mass is 244 g/mol. The zero-order valence-electron chi connectivity index (χ0n) is 13.6. The van der Waals surface area contributed by atoms with E-state index in [4.69, 9.17) is 0 Å². The standard InChI is InChI=1S/C18H28/c1-16(2,3)13-10-14(17(4,5)6)12-15(11-13)18(7,8)9/h10H,1-9H3. The van der Waals surface area contributed by atoms with Crippen LogP contribution < -0.4 is 0 Å². The largest absolute Gasteiger partial charge is 0.0561 e. The molecular weight excluding hydrogens is 216 g/mol. The van der Waals surface area contributed by atoms with Crippen LogP contribution in [0, 0.1) is 12.1 Å². The maximum absolute atomic E-state index is 3.58. The molecule has 0 aromatic heterocycles. The smallest absolute Gasteiger partial charge is 0.00965 e. The first-order valence-corrected chi connectivity index (χ1v) is 6.83. The van der Waals surface area contributed by atoms with Gasteiger partial charge in [-0.2, -0.15) is 0 Å². The summed E-state index contributed by atoms with van der Waals surface area (Å²) in [4.78, 5) is 0. The van der Waals surface area contributed by atoms with Crippen LogP contribution in [0.3, 0.4) is 0 Å². The molecule has 1 rings (SSSR count). The van der Waals surface area contributed by atoms with Crippen LogP contribution in [0.2, 0.25) is 0 Å². The summed E-state index contributed by atoms with van der Waals surface area (Å²) in [6.45, 7) is 20.2. The molecule has 0 aliphatic carbocycles. The average Bonchev–Trinajstić information content (AvgIpc) is 2.13. The molecule has 1 aromatic rings. The van der Waals surface area contributed by atoms with E-state index in [1.165, 1.54) is 16.7 Å². The van der Waals surface area contributed by atoms with Crippen molar-refractivity contribution in [1.82, 2.24) is 0 Å². The summed E-state index contributed by atoms with van der Waals surface area (Å²) in [5, 5.41) is 0. The molecule has 0 saturated heterocycles. The Hall–Kier alpha value is -0.780. The Morgan fingerprint density at radius 2 is 0.944 bits per heavy atom. The van der Waals surface area contributed by atoms with Gasteiger partial charge in [0.25, 0.3) is 0 Å². The van der Waals surface area contributed by atoms with Crippen molar-refractivity contribution in [3.05, 3.63) is 34.9 Å². The molecule has 0 heteroatoms. The van der Waals surface area contributed by atoms with Crippen LogP contribution in [0.15, 0.2) is 6.07 Å². The van der Waals surface area contributed by atoms with E-state index in [0.29, 0.717) is 0 Å². The third-order valence-corrected chi connectivity index (χ3v) is 3.17. The Morgan fingerprint density at radius 3 is 1.17 bits per heavy atom. The molecule has 0 aliphatic rings. The molecule has 0 atom stereocenters. The van der Waals surface area contributed by atoms with Crippen LogP contribution in [-0.2, 0) is 16.2 Å². The number of benzene rings is 1. The maximum Gasteiger partial charge on any atom is -0.00965 e. The van der Waals surface area contributed by atoms with Gasteiger partial charge >= 0.3 is 0 Å². The molecule has 0 spiro atoms. The fraction of sp³-hybridized carbons (Fsp3) is 0.667. The van der Waals surface area contributed by atoms with E-state index in [2.05, 4.69) is 80.5 Å². The molecular formula is C18H28. The molecule has 2 radical (unpaired) electrons. The van der Waals surface area contributed by atoms with Gasteiger partial charge in [-0.1, -0.05) is 68.4 Å². The van der Waals surface area contributed by atoms with Crippen LogP contribution in [-0.4, -0.2) is 0 Å². The Morgan fingerprint density at radius 1 is 0.611 bits per heavy atom. The van der Waals surface area contributed by atoms with Crippen LogP contribution in [0.25, 0.3) is 0 Å². The van der Waals surface area contributed by atoms with Gasteiger partial charge in [-0.3, -0.25) is 0 Å². The minimum Gasteiger partial charge on any atom is -0.0561 e. The molecule has 0 nitrogen and oxygen atoms in total. The van der Waals surface area contributed by atoms with E-state index in [1.807, 2.05) is 0 Å². The summed E-state index contributed by atoms with van der Waals surface area (Å²) >= 11 is 0. The molecule has 0 heterocycles. The van der Waals surface area contributed by atoms with Gasteiger partial charge in [0.2, 0.25) is 0 Å². The zero-order valence-corrected chi connectivity index (χ0v) is 13.6. The maximum atomic E-state index is 3.58. The normalized spacial score (nSPS) is 13.8. The third kappa shape index (κ3) is 3.60. The highest BCUT2D eigenvalue weighted by atomic mass is 14.3. The van der Waals surface area contributed by atoms with Gasteiger partial charge < -0.3 is 0 Å². The van der Waals surface area contributed by atoms with Crippen LogP contribution >= 0.6 is 0 Å². The summed E-state index contributed by atoms with van der Waals surface area (Å²) in [7, 11) is 0. The molecule has 0 N–H and O–H groups in total. The number of hydrogen-bond donors (Lipinski definition) is 0. The second-order valence-electron chi connectivity index (χ2n) is 8.35. The van der Waals surface area contributed by atoms with Crippen molar-refractivity contribution >= 4 is 0 Å². The first-order valence-electron chi connectivity index (χ1n) is 6.83. The summed E-state index contributed by atoms with van der Waals surface area (Å²) in [5.41, 5.74) is 4.14. The van der Waals surface area contributed by atoms with Gasteiger partial charge in [0.1, 0.15) is 0 Å². The second-order valence-corrected chi connectivity index (χ2v) is 8.35. The lowest BCUT2D eigenvalue weighted by molar-refractivity contribution is 0.545. The van der Waals surface area contributed by atoms with Crippen molar-refractivity contribution in [2.75, 3.05) is 0 Å². The van der Waals surface area contributed by atoms with Crippen molar-refractivity contribution < 1.29 is 0 Å². The van der Waals surface area contributed by atoms with E-state index in [0.717, 1.165) is 0 Å². The molecule has 0 amide bonds. The predicted molar refractivity (Wildman–Crippen MR) is 80.2 cm³/mol. The fourth-order valence-electron chi connectivity index (χ4n) is 1.70. The van der Waals surface area contributed by atoms with Crippen LogP contribution in [0.1, 0.15) is 79.0 Å². The molecule has 0 unspecified atom stereocenters. The van der Waals surface area contributed by atoms with Crippen molar-refractivity contribution in [3.8, 4) is 0 Å². The van der Waals surface area contributed by atoms with E-state index in [1.54, 1.807) is 0 Å². The van der Waals surface area contributed by atoms with E-state index in [9.17, 15) is 0 Å². The van der Waals surface area contributed by atoms with Gasteiger partial charge in [0.05, 0.1) is 0 Å². The third-order valence-electron chi connectivity index (χ3n) is 3.17. The van der Waals surface area contributed by atoms with Gasteiger partial charge in [-0.05, 0) is 45.1 Å². The number of hydrogen-bond acceptors (Lipinski definition) is 0. The van der Waals surface area contributed by atoms with Crippen molar-refractivity contribution in [3.63, 3.8) is 0 Å². The van der Waals surface area contributed by atoms with Crippen molar-refractivity contribution in [2.45, 2.75) is 78.6 Å². The van der Waals surface area contributed by atoms with E-state index >= 15 is 0 Å². The highest BCUT2D eigenvalue weighted by molar-refractivity contribution is 5.37. The molecule has 0 fully saturated rings. The Bertz CT molecular complexity index is 338. The van der Waals surface area contributed by atoms with Crippen molar-refractivity contribution in [2.24, 2.45) is 0 Å². The second kappa shape index (κ2) is 4.40. The Kier molecular flexibility index (Phi) is 3.74. The lowest BCUT2D eigenvalue weighted by atomic mass is 9.76. The van der Waals surface area contributed by atoms with Crippen LogP contribution in [0.5, 0.6) is 0 Å². The van der Waals surface area contributed by atoms with Crippen molar-refractivity contribution in [1.29, 1.82) is 0 Å². The summed E-state index contributed by atoms with van der Waals surface area (Å²) in [6, 6.07) is 9.44. The number of rotatable bonds is 0. The quantitative estimate of drug-likeness (QED) is 0.590. The van der Waals surface area contributed by atoms with Crippen LogP contribution in [0.4, 0.5) is 0 Å². The molecule has 0 bridgehead atoms. The van der Waals surface area contributed by atoms with E-state index < -0.39 is 0 Å². The highest BCUT2D eigenvalue weighted by Gasteiger charge is 2.24. The first kappa shape index (κ1) is 15.3. The summed E-state index contributed by atoms with van der Waals surface area (Å²) in [6.07, 6.45) is 0. The summed E-state index contributed by atoms with van der Waals surface area (Å²) < 4.78 is 0. The minimum atomic E-state index is 0.0985. The SMILES string of the molecule is CC(C)(C)c1[c]c(C(C)(C)C)cc(C(C)(C)C)[c]1. The Labute approximate surface area is 114 Å². The average molecular weight is 244 g/mol. The fourth-order valence-corrected chi connectivity index (χ4v) is 1.70. The predicted octanol–water partition coefficient (Wildman–Crippen LogP) is 5.18. The van der Waals surface area contributed by atoms with Gasteiger partial charge in [-0.25, -0.2) is 0 Å². The lowest BCUT2D eigenvalue weighted by Crippen LogP contribution is -2.21. The molecule has 18 heavy (non-hydrogen) atoms. The van der Waals surface area contributed by atoms with Gasteiger partial charge in [-0.15, -0.1) is 0 Å². The molecule has 1 aromatic carbocycles. The zero-order chi connectivity index (χ0) is 14.4.